The third-order valence-corrected chi connectivity index (χ3v) is 4.59. The van der Waals surface area contributed by atoms with Crippen molar-refractivity contribution in [3.8, 4) is 0 Å². The van der Waals surface area contributed by atoms with Gasteiger partial charge in [0.05, 0.1) is 11.2 Å². The van der Waals surface area contributed by atoms with Crippen LogP contribution in [0.25, 0.3) is 0 Å². The fourth-order valence-corrected chi connectivity index (χ4v) is 3.47. The summed E-state index contributed by atoms with van der Waals surface area (Å²) in [7, 11) is 0. The normalized spacial score (nSPS) is 20.8. The lowest BCUT2D eigenvalue weighted by Crippen LogP contribution is -2.44. The van der Waals surface area contributed by atoms with Gasteiger partial charge in [-0.2, -0.15) is 0 Å². The van der Waals surface area contributed by atoms with Gasteiger partial charge in [-0.25, -0.2) is 4.79 Å². The Hall–Kier alpha value is -1.55. The Balaban J connectivity index is 1.81. The maximum Gasteiger partial charge on any atom is 0.335 e. The zero-order chi connectivity index (χ0) is 14.2. The molecule has 0 unspecified atom stereocenters. The second-order valence-corrected chi connectivity index (χ2v) is 6.11. The van der Waals surface area contributed by atoms with Crippen LogP contribution in [0.3, 0.4) is 0 Å². The maximum absolute atomic E-state index is 11.1. The van der Waals surface area contributed by atoms with Crippen LogP contribution >= 0.6 is 0 Å². The molecule has 1 aromatic rings. The molecule has 4 nitrogen and oxygen atoms in total. The smallest absolute Gasteiger partial charge is 0.335 e. The van der Waals surface area contributed by atoms with Gasteiger partial charge in [-0.1, -0.05) is 25.3 Å². The second-order valence-electron chi connectivity index (χ2n) is 6.11. The standard InChI is InChI=1S/C16H21NO3/c18-15(19)13-5-4-12-6-9-17(14(12)10-13)11-16(20)7-2-1-3-8-16/h4-5,10,20H,1-3,6-9,11H2,(H,18,19). The van der Waals surface area contributed by atoms with E-state index in [0.717, 1.165) is 44.3 Å². The van der Waals surface area contributed by atoms with Gasteiger partial charge < -0.3 is 15.1 Å². The highest BCUT2D eigenvalue weighted by molar-refractivity contribution is 5.89. The van der Waals surface area contributed by atoms with Gasteiger partial charge in [0.2, 0.25) is 0 Å². The summed E-state index contributed by atoms with van der Waals surface area (Å²) in [4.78, 5) is 13.3. The van der Waals surface area contributed by atoms with Crippen molar-refractivity contribution in [3.05, 3.63) is 29.3 Å². The van der Waals surface area contributed by atoms with Crippen LogP contribution in [-0.2, 0) is 6.42 Å². The monoisotopic (exact) mass is 275 g/mol. The van der Waals surface area contributed by atoms with Gasteiger partial charge in [0.25, 0.3) is 0 Å². The number of aromatic carboxylic acids is 1. The number of carbonyl (C=O) groups is 1. The molecule has 1 fully saturated rings. The number of anilines is 1. The van der Waals surface area contributed by atoms with Crippen molar-refractivity contribution in [1.29, 1.82) is 0 Å². The van der Waals surface area contributed by atoms with Crippen LogP contribution in [0, 0.1) is 0 Å². The lowest BCUT2D eigenvalue weighted by Gasteiger charge is -2.36. The molecule has 0 bridgehead atoms. The summed E-state index contributed by atoms with van der Waals surface area (Å²) in [6, 6.07) is 5.32. The highest BCUT2D eigenvalue weighted by Crippen LogP contribution is 2.34. The Morgan fingerprint density at radius 1 is 1.25 bits per heavy atom. The van der Waals surface area contributed by atoms with Crippen molar-refractivity contribution in [1.82, 2.24) is 0 Å². The SMILES string of the molecule is O=C(O)c1ccc2c(c1)N(CC1(O)CCCCC1)CC2. The third kappa shape index (κ3) is 2.52. The first-order valence-corrected chi connectivity index (χ1v) is 7.41. The number of nitrogens with zero attached hydrogens (tertiary/aromatic N) is 1. The summed E-state index contributed by atoms with van der Waals surface area (Å²) in [5, 5.41) is 19.8. The third-order valence-electron chi connectivity index (χ3n) is 4.59. The lowest BCUT2D eigenvalue weighted by atomic mass is 9.84. The summed E-state index contributed by atoms with van der Waals surface area (Å²) in [5.41, 5.74) is 1.91. The number of β-amino-alcohol motifs (C(OH)–C–C–N with tert-alkyl or cyclic N) is 1. The van der Waals surface area contributed by atoms with Crippen LogP contribution in [-0.4, -0.2) is 34.9 Å². The highest BCUT2D eigenvalue weighted by atomic mass is 16.4. The van der Waals surface area contributed by atoms with Gasteiger partial charge in [0.1, 0.15) is 0 Å². The topological polar surface area (TPSA) is 60.8 Å². The molecule has 0 atom stereocenters. The number of aliphatic hydroxyl groups is 1. The molecular formula is C16H21NO3. The van der Waals surface area contributed by atoms with Crippen LogP contribution in [0.2, 0.25) is 0 Å². The number of carboxylic acid groups (broad SMARTS) is 1. The summed E-state index contributed by atoms with van der Waals surface area (Å²) in [5.74, 6) is -0.893. The Morgan fingerprint density at radius 2 is 2.00 bits per heavy atom. The molecule has 20 heavy (non-hydrogen) atoms. The van der Waals surface area contributed by atoms with Gasteiger partial charge in [-0.05, 0) is 37.0 Å². The van der Waals surface area contributed by atoms with E-state index < -0.39 is 11.6 Å². The molecule has 1 aromatic carbocycles. The Kier molecular flexibility index (Phi) is 3.42. The van der Waals surface area contributed by atoms with Crippen LogP contribution in [0.15, 0.2) is 18.2 Å². The molecule has 1 heterocycles. The summed E-state index contributed by atoms with van der Waals surface area (Å²) >= 11 is 0. The molecule has 2 aliphatic rings. The molecule has 4 heteroatoms. The van der Waals surface area contributed by atoms with E-state index in [1.54, 1.807) is 12.1 Å². The molecule has 0 amide bonds. The van der Waals surface area contributed by atoms with E-state index in [1.807, 2.05) is 6.07 Å². The van der Waals surface area contributed by atoms with Crippen molar-refractivity contribution < 1.29 is 15.0 Å². The van der Waals surface area contributed by atoms with Crippen molar-refractivity contribution in [2.75, 3.05) is 18.0 Å². The Morgan fingerprint density at radius 3 is 2.70 bits per heavy atom. The summed E-state index contributed by atoms with van der Waals surface area (Å²) in [6.45, 7) is 1.50. The van der Waals surface area contributed by atoms with Crippen LogP contribution in [0.5, 0.6) is 0 Å². The van der Waals surface area contributed by atoms with E-state index in [9.17, 15) is 9.90 Å². The Labute approximate surface area is 119 Å². The minimum Gasteiger partial charge on any atom is -0.478 e. The molecule has 1 saturated carbocycles. The van der Waals surface area contributed by atoms with Gasteiger partial charge in [0.15, 0.2) is 0 Å². The fraction of sp³-hybridized carbons (Fsp3) is 0.562. The van der Waals surface area contributed by atoms with Crippen LogP contribution in [0.4, 0.5) is 5.69 Å². The van der Waals surface area contributed by atoms with Gasteiger partial charge in [0, 0.05) is 18.8 Å². The predicted molar refractivity (Wildman–Crippen MR) is 77.4 cm³/mol. The van der Waals surface area contributed by atoms with Crippen molar-refractivity contribution in [2.24, 2.45) is 0 Å². The first kappa shape index (κ1) is 13.4. The van der Waals surface area contributed by atoms with E-state index >= 15 is 0 Å². The average Bonchev–Trinajstić information content (AvgIpc) is 2.81. The zero-order valence-corrected chi connectivity index (χ0v) is 11.6. The molecule has 1 aliphatic carbocycles. The molecule has 3 rings (SSSR count). The number of hydrogen-bond donors (Lipinski definition) is 2. The first-order chi connectivity index (χ1) is 9.57. The second kappa shape index (κ2) is 5.09. The van der Waals surface area contributed by atoms with E-state index in [1.165, 1.54) is 12.0 Å². The molecule has 108 valence electrons. The van der Waals surface area contributed by atoms with Crippen LogP contribution in [0.1, 0.15) is 48.0 Å². The van der Waals surface area contributed by atoms with Gasteiger partial charge in [-0.3, -0.25) is 0 Å². The fourth-order valence-electron chi connectivity index (χ4n) is 3.47. The largest absolute Gasteiger partial charge is 0.478 e. The van der Waals surface area contributed by atoms with E-state index in [-0.39, 0.29) is 0 Å². The van der Waals surface area contributed by atoms with E-state index in [4.69, 9.17) is 5.11 Å². The van der Waals surface area contributed by atoms with Gasteiger partial charge in [-0.15, -0.1) is 0 Å². The minimum absolute atomic E-state index is 0.325. The quantitative estimate of drug-likeness (QED) is 0.889. The first-order valence-electron chi connectivity index (χ1n) is 7.41. The predicted octanol–water partition coefficient (Wildman–Crippen LogP) is 2.44. The average molecular weight is 275 g/mol. The highest BCUT2D eigenvalue weighted by Gasteiger charge is 2.33. The number of fused-ring (bicyclic) bond motifs is 1. The molecule has 0 saturated heterocycles. The molecule has 2 N–H and O–H groups in total. The number of carboxylic acids is 1. The minimum atomic E-state index is -0.893. The molecule has 1 aliphatic heterocycles. The van der Waals surface area contributed by atoms with Gasteiger partial charge >= 0.3 is 5.97 Å². The van der Waals surface area contributed by atoms with Crippen molar-refractivity contribution in [2.45, 2.75) is 44.1 Å². The number of rotatable bonds is 3. The summed E-state index contributed by atoms with van der Waals surface area (Å²) in [6.07, 6.45) is 6.04. The molecule has 0 aromatic heterocycles. The zero-order valence-electron chi connectivity index (χ0n) is 11.6. The lowest BCUT2D eigenvalue weighted by molar-refractivity contribution is 0.0113. The Bertz CT molecular complexity index is 520. The van der Waals surface area contributed by atoms with E-state index in [2.05, 4.69) is 4.90 Å². The van der Waals surface area contributed by atoms with Crippen LogP contribution < -0.4 is 4.90 Å². The molecular weight excluding hydrogens is 254 g/mol. The summed E-state index contributed by atoms with van der Waals surface area (Å²) < 4.78 is 0. The molecule has 0 radical (unpaired) electrons. The number of hydrogen-bond acceptors (Lipinski definition) is 3. The number of benzene rings is 1. The molecule has 0 spiro atoms. The van der Waals surface area contributed by atoms with Crippen molar-refractivity contribution in [3.63, 3.8) is 0 Å². The maximum atomic E-state index is 11.1. The van der Waals surface area contributed by atoms with Crippen molar-refractivity contribution >= 4 is 11.7 Å². The van der Waals surface area contributed by atoms with E-state index in [0.29, 0.717) is 12.1 Å².